The van der Waals surface area contributed by atoms with Crippen molar-refractivity contribution in [2.24, 2.45) is 0 Å². The molecule has 150 valence electrons. The number of nitriles is 2. The van der Waals surface area contributed by atoms with Gasteiger partial charge < -0.3 is 20.7 Å². The minimum Gasteiger partial charge on any atom is -0.488 e. The summed E-state index contributed by atoms with van der Waals surface area (Å²) in [6, 6.07) is 11.2. The molecule has 29 heavy (non-hydrogen) atoms. The van der Waals surface area contributed by atoms with Crippen molar-refractivity contribution in [3.05, 3.63) is 35.4 Å². The first-order valence-corrected chi connectivity index (χ1v) is 10.4. The van der Waals surface area contributed by atoms with Crippen LogP contribution in [-0.4, -0.2) is 39.8 Å². The minimum atomic E-state index is -0.468. The second-order valence-electron chi connectivity index (χ2n) is 6.76. The van der Waals surface area contributed by atoms with Gasteiger partial charge in [-0.15, -0.1) is 11.8 Å². The highest BCUT2D eigenvalue weighted by Crippen LogP contribution is 2.36. The Kier molecular flexibility index (Phi) is 6.95. The molecule has 1 aliphatic carbocycles. The molecule has 0 unspecified atom stereocenters. The summed E-state index contributed by atoms with van der Waals surface area (Å²) < 4.78 is 5.92. The average molecular weight is 410 g/mol. The van der Waals surface area contributed by atoms with Crippen LogP contribution < -0.4 is 10.5 Å². The predicted octanol–water partition coefficient (Wildman–Crippen LogP) is 2.84. The summed E-state index contributed by atoms with van der Waals surface area (Å²) >= 11 is 1.21. The summed E-state index contributed by atoms with van der Waals surface area (Å²) in [5, 5.41) is 38.8. The SMILES string of the molecule is N#Cc1c(N)nc(SCCO)c(C#N)c1-c1ccc(O[C@H]2CCCC[C@@H]2O)cc1. The number of nitrogens with zero attached hydrogens (tertiary/aromatic N) is 3. The average Bonchev–Trinajstić information content (AvgIpc) is 2.74. The van der Waals surface area contributed by atoms with Crippen molar-refractivity contribution >= 4 is 17.6 Å². The molecular weight excluding hydrogens is 388 g/mol. The van der Waals surface area contributed by atoms with Gasteiger partial charge in [-0.3, -0.25) is 0 Å². The van der Waals surface area contributed by atoms with E-state index in [9.17, 15) is 15.6 Å². The number of rotatable bonds is 6. The van der Waals surface area contributed by atoms with E-state index in [4.69, 9.17) is 15.6 Å². The summed E-state index contributed by atoms with van der Waals surface area (Å²) in [5.41, 5.74) is 7.43. The van der Waals surface area contributed by atoms with Crippen LogP contribution in [0.5, 0.6) is 5.75 Å². The zero-order valence-corrected chi connectivity index (χ0v) is 16.7. The second kappa shape index (κ2) is 9.62. The number of hydrogen-bond donors (Lipinski definition) is 3. The molecule has 1 heterocycles. The normalized spacial score (nSPS) is 18.6. The lowest BCUT2D eigenvalue weighted by Gasteiger charge is -2.28. The van der Waals surface area contributed by atoms with E-state index in [2.05, 4.69) is 11.1 Å². The topological polar surface area (TPSA) is 136 Å². The molecular formula is C21H22N4O3S. The van der Waals surface area contributed by atoms with Crippen LogP contribution in [-0.2, 0) is 0 Å². The standard InChI is InChI=1S/C21H22N4O3S/c22-11-15-19(16(12-23)21(25-20(15)24)29-10-9-26)13-5-7-14(8-6-13)28-18-4-2-1-3-17(18)27/h5-8,17-18,26-27H,1-4,9-10H2,(H2,24,25)/t17-,18-/m0/s1. The summed E-state index contributed by atoms with van der Waals surface area (Å²) in [7, 11) is 0. The number of benzene rings is 1. The van der Waals surface area contributed by atoms with Gasteiger partial charge in [-0.2, -0.15) is 10.5 Å². The molecule has 0 amide bonds. The maximum absolute atomic E-state index is 10.1. The van der Waals surface area contributed by atoms with Crippen molar-refractivity contribution in [1.82, 2.24) is 4.98 Å². The zero-order valence-electron chi connectivity index (χ0n) is 15.8. The Labute approximate surface area is 173 Å². The number of hydrogen-bond acceptors (Lipinski definition) is 8. The quantitative estimate of drug-likeness (QED) is 0.618. The Morgan fingerprint density at radius 2 is 1.83 bits per heavy atom. The van der Waals surface area contributed by atoms with Crippen molar-refractivity contribution in [3.8, 4) is 29.0 Å². The second-order valence-corrected chi connectivity index (χ2v) is 7.84. The zero-order chi connectivity index (χ0) is 20.8. The van der Waals surface area contributed by atoms with Crippen LogP contribution in [0.1, 0.15) is 36.8 Å². The first-order valence-electron chi connectivity index (χ1n) is 9.41. The highest BCUT2D eigenvalue weighted by atomic mass is 32.2. The van der Waals surface area contributed by atoms with Gasteiger partial charge in [0.1, 0.15) is 40.4 Å². The summed E-state index contributed by atoms with van der Waals surface area (Å²) in [4.78, 5) is 4.17. The van der Waals surface area contributed by atoms with Gasteiger partial charge in [0, 0.05) is 11.3 Å². The highest BCUT2D eigenvalue weighted by Gasteiger charge is 2.25. The Balaban J connectivity index is 1.96. The maximum Gasteiger partial charge on any atom is 0.143 e. The first kappa shape index (κ1) is 20.9. The Hall–Kier alpha value is -2.78. The van der Waals surface area contributed by atoms with Crippen LogP contribution in [0, 0.1) is 22.7 Å². The van der Waals surface area contributed by atoms with Crippen molar-refractivity contribution in [1.29, 1.82) is 10.5 Å². The van der Waals surface area contributed by atoms with Gasteiger partial charge in [0.2, 0.25) is 0 Å². The number of aromatic nitrogens is 1. The molecule has 0 radical (unpaired) electrons. The molecule has 1 saturated carbocycles. The monoisotopic (exact) mass is 410 g/mol. The molecule has 4 N–H and O–H groups in total. The van der Waals surface area contributed by atoms with Crippen molar-refractivity contribution in [3.63, 3.8) is 0 Å². The van der Waals surface area contributed by atoms with E-state index in [1.54, 1.807) is 24.3 Å². The van der Waals surface area contributed by atoms with Crippen LogP contribution >= 0.6 is 11.8 Å². The molecule has 7 nitrogen and oxygen atoms in total. The minimum absolute atomic E-state index is 0.0487. The predicted molar refractivity (Wildman–Crippen MR) is 110 cm³/mol. The number of nitrogen functional groups attached to an aromatic ring is 1. The molecule has 8 heteroatoms. The van der Waals surface area contributed by atoms with E-state index < -0.39 is 6.10 Å². The third-order valence-corrected chi connectivity index (χ3v) is 5.80. The molecule has 2 aromatic rings. The largest absolute Gasteiger partial charge is 0.488 e. The van der Waals surface area contributed by atoms with E-state index in [1.165, 1.54) is 11.8 Å². The van der Waals surface area contributed by atoms with Gasteiger partial charge in [-0.25, -0.2) is 4.98 Å². The van der Waals surface area contributed by atoms with Crippen LogP contribution in [0.4, 0.5) is 5.82 Å². The van der Waals surface area contributed by atoms with E-state index in [0.29, 0.717) is 27.7 Å². The van der Waals surface area contributed by atoms with Crippen LogP contribution in [0.15, 0.2) is 29.3 Å². The van der Waals surface area contributed by atoms with Gasteiger partial charge in [0.25, 0.3) is 0 Å². The number of anilines is 1. The first-order chi connectivity index (χ1) is 14.1. The van der Waals surface area contributed by atoms with Gasteiger partial charge in [-0.05, 0) is 37.0 Å². The van der Waals surface area contributed by atoms with Crippen molar-refractivity contribution in [2.75, 3.05) is 18.1 Å². The molecule has 1 aromatic carbocycles. The van der Waals surface area contributed by atoms with Gasteiger partial charge in [0.15, 0.2) is 0 Å². The summed E-state index contributed by atoms with van der Waals surface area (Å²) in [5.74, 6) is 1.03. The molecule has 2 atom stereocenters. The van der Waals surface area contributed by atoms with E-state index in [0.717, 1.165) is 25.7 Å². The molecule has 0 bridgehead atoms. The molecule has 0 aliphatic heterocycles. The lowest BCUT2D eigenvalue weighted by Crippen LogP contribution is -2.34. The van der Waals surface area contributed by atoms with Crippen molar-refractivity contribution in [2.45, 2.75) is 42.9 Å². The molecule has 3 rings (SSSR count). The van der Waals surface area contributed by atoms with Gasteiger partial charge in [-0.1, -0.05) is 18.6 Å². The molecule has 1 aromatic heterocycles. The van der Waals surface area contributed by atoms with E-state index in [1.807, 2.05) is 6.07 Å². The number of pyridine rings is 1. The van der Waals surface area contributed by atoms with Crippen LogP contribution in [0.25, 0.3) is 11.1 Å². The fourth-order valence-electron chi connectivity index (χ4n) is 3.42. The number of aliphatic hydroxyl groups excluding tert-OH is 2. The smallest absolute Gasteiger partial charge is 0.143 e. The molecule has 1 aliphatic rings. The van der Waals surface area contributed by atoms with Gasteiger partial charge >= 0.3 is 0 Å². The maximum atomic E-state index is 10.1. The van der Waals surface area contributed by atoms with Crippen LogP contribution in [0.2, 0.25) is 0 Å². The highest BCUT2D eigenvalue weighted by molar-refractivity contribution is 7.99. The third-order valence-electron chi connectivity index (χ3n) is 4.84. The van der Waals surface area contributed by atoms with Gasteiger partial charge in [0.05, 0.1) is 18.3 Å². The Morgan fingerprint density at radius 3 is 2.45 bits per heavy atom. The lowest BCUT2D eigenvalue weighted by molar-refractivity contribution is 0.00688. The lowest BCUT2D eigenvalue weighted by atomic mass is 9.94. The van der Waals surface area contributed by atoms with Crippen LogP contribution in [0.3, 0.4) is 0 Å². The van der Waals surface area contributed by atoms with Crippen molar-refractivity contribution < 1.29 is 14.9 Å². The number of aliphatic hydroxyl groups is 2. The summed E-state index contributed by atoms with van der Waals surface area (Å²) in [6.45, 7) is -0.0640. The Morgan fingerprint density at radius 1 is 1.14 bits per heavy atom. The molecule has 0 spiro atoms. The number of nitrogens with two attached hydrogens (primary N) is 1. The number of ether oxygens (including phenoxy) is 1. The molecule has 0 saturated heterocycles. The fourth-order valence-corrected chi connectivity index (χ4v) is 4.16. The summed E-state index contributed by atoms with van der Waals surface area (Å²) in [6.07, 6.45) is 2.90. The third kappa shape index (κ3) is 4.63. The fraction of sp³-hybridized carbons (Fsp3) is 0.381. The number of thioether (sulfide) groups is 1. The Bertz CT molecular complexity index is 950. The molecule has 1 fully saturated rings. The van der Waals surface area contributed by atoms with E-state index in [-0.39, 0.29) is 29.7 Å². The van der Waals surface area contributed by atoms with E-state index >= 15 is 0 Å².